The molecule has 0 amide bonds. The molecule has 84 valence electrons. The molecule has 0 bridgehead atoms. The first kappa shape index (κ1) is 10.6. The van der Waals surface area contributed by atoms with Crippen molar-refractivity contribution >= 4 is 0 Å². The molecular formula is C11H20N4. The van der Waals surface area contributed by atoms with Gasteiger partial charge in [0.25, 0.3) is 0 Å². The Morgan fingerprint density at radius 2 is 2.47 bits per heavy atom. The summed E-state index contributed by atoms with van der Waals surface area (Å²) in [5, 5.41) is 7.64. The summed E-state index contributed by atoms with van der Waals surface area (Å²) in [6, 6.07) is 0. The average molecular weight is 208 g/mol. The second-order valence-electron chi connectivity index (χ2n) is 4.43. The minimum absolute atomic E-state index is 0.751. The van der Waals surface area contributed by atoms with E-state index in [2.05, 4.69) is 29.2 Å². The maximum Gasteiger partial charge on any atom is 0.138 e. The van der Waals surface area contributed by atoms with Crippen LogP contribution in [-0.4, -0.2) is 27.9 Å². The van der Waals surface area contributed by atoms with Crippen LogP contribution >= 0.6 is 0 Å². The topological polar surface area (TPSA) is 42.7 Å². The van der Waals surface area contributed by atoms with Gasteiger partial charge in [0.05, 0.1) is 0 Å². The fourth-order valence-electron chi connectivity index (χ4n) is 2.32. The Morgan fingerprint density at radius 3 is 3.20 bits per heavy atom. The normalized spacial score (nSPS) is 26.8. The van der Waals surface area contributed by atoms with Crippen LogP contribution in [0.5, 0.6) is 0 Å². The predicted octanol–water partition coefficient (Wildman–Crippen LogP) is 1.09. The van der Waals surface area contributed by atoms with Gasteiger partial charge in [-0.15, -0.1) is 0 Å². The van der Waals surface area contributed by atoms with Crippen molar-refractivity contribution in [1.29, 1.82) is 0 Å². The third-order valence-corrected chi connectivity index (χ3v) is 3.40. The van der Waals surface area contributed by atoms with Crippen LogP contribution in [0.15, 0.2) is 6.33 Å². The zero-order valence-electron chi connectivity index (χ0n) is 9.61. The van der Waals surface area contributed by atoms with E-state index in [1.165, 1.54) is 6.42 Å². The fraction of sp³-hybridized carbons (Fsp3) is 0.818. The van der Waals surface area contributed by atoms with Gasteiger partial charge in [-0.2, -0.15) is 5.10 Å². The van der Waals surface area contributed by atoms with Crippen LogP contribution in [0.2, 0.25) is 0 Å². The highest BCUT2D eigenvalue weighted by Crippen LogP contribution is 2.22. The monoisotopic (exact) mass is 208 g/mol. The van der Waals surface area contributed by atoms with E-state index in [-0.39, 0.29) is 0 Å². The van der Waals surface area contributed by atoms with E-state index in [1.807, 2.05) is 4.68 Å². The molecule has 2 unspecified atom stereocenters. The number of nitrogens with one attached hydrogen (secondary N) is 1. The van der Waals surface area contributed by atoms with Gasteiger partial charge >= 0.3 is 0 Å². The molecule has 1 aromatic rings. The van der Waals surface area contributed by atoms with Crippen molar-refractivity contribution in [2.24, 2.45) is 11.8 Å². The Morgan fingerprint density at radius 1 is 1.60 bits per heavy atom. The van der Waals surface area contributed by atoms with E-state index < -0.39 is 0 Å². The number of hydrogen-bond donors (Lipinski definition) is 1. The summed E-state index contributed by atoms with van der Waals surface area (Å²) in [7, 11) is 0. The zero-order valence-corrected chi connectivity index (χ0v) is 9.61. The van der Waals surface area contributed by atoms with Crippen molar-refractivity contribution in [1.82, 2.24) is 20.1 Å². The molecule has 2 atom stereocenters. The molecule has 2 heterocycles. The van der Waals surface area contributed by atoms with E-state index in [0.29, 0.717) is 0 Å². The van der Waals surface area contributed by atoms with Crippen LogP contribution in [-0.2, 0) is 13.0 Å². The maximum absolute atomic E-state index is 4.35. The SMILES string of the molecule is CCn1ncnc1CC1CCNCC1C. The molecule has 1 aliphatic heterocycles. The first-order valence-electron chi connectivity index (χ1n) is 5.88. The van der Waals surface area contributed by atoms with Crippen LogP contribution < -0.4 is 5.32 Å². The Labute approximate surface area is 91.1 Å². The van der Waals surface area contributed by atoms with Crippen LogP contribution in [0.25, 0.3) is 0 Å². The Balaban J connectivity index is 2.01. The first-order chi connectivity index (χ1) is 7.31. The third-order valence-electron chi connectivity index (χ3n) is 3.40. The van der Waals surface area contributed by atoms with Gasteiger partial charge in [-0.05, 0) is 38.3 Å². The lowest BCUT2D eigenvalue weighted by Gasteiger charge is -2.29. The van der Waals surface area contributed by atoms with Gasteiger partial charge in [0.15, 0.2) is 0 Å². The number of nitrogens with zero attached hydrogens (tertiary/aromatic N) is 3. The molecule has 4 heteroatoms. The van der Waals surface area contributed by atoms with E-state index in [9.17, 15) is 0 Å². The largest absolute Gasteiger partial charge is 0.316 e. The summed E-state index contributed by atoms with van der Waals surface area (Å²) in [5.41, 5.74) is 0. The molecule has 1 N–H and O–H groups in total. The number of aromatic nitrogens is 3. The van der Waals surface area contributed by atoms with Crippen molar-refractivity contribution in [3.8, 4) is 0 Å². The summed E-state index contributed by atoms with van der Waals surface area (Å²) < 4.78 is 2.01. The standard InChI is InChI=1S/C11H20N4/c1-3-15-11(13-8-14-15)6-10-4-5-12-7-9(10)2/h8-10,12H,3-7H2,1-2H3. The van der Waals surface area contributed by atoms with Crippen molar-refractivity contribution in [2.75, 3.05) is 13.1 Å². The quantitative estimate of drug-likeness (QED) is 0.808. The van der Waals surface area contributed by atoms with Crippen LogP contribution in [0.3, 0.4) is 0 Å². The first-order valence-corrected chi connectivity index (χ1v) is 5.88. The van der Waals surface area contributed by atoms with Gasteiger partial charge in [-0.3, -0.25) is 4.68 Å². The van der Waals surface area contributed by atoms with E-state index in [1.54, 1.807) is 6.33 Å². The van der Waals surface area contributed by atoms with Gasteiger partial charge in [0, 0.05) is 13.0 Å². The molecule has 1 fully saturated rings. The lowest BCUT2D eigenvalue weighted by Crippen LogP contribution is -2.36. The minimum Gasteiger partial charge on any atom is -0.316 e. The highest BCUT2D eigenvalue weighted by Gasteiger charge is 2.22. The van der Waals surface area contributed by atoms with Crippen molar-refractivity contribution in [2.45, 2.75) is 33.2 Å². The minimum atomic E-state index is 0.751. The fourth-order valence-corrected chi connectivity index (χ4v) is 2.32. The molecule has 0 radical (unpaired) electrons. The summed E-state index contributed by atoms with van der Waals surface area (Å²) in [4.78, 5) is 4.35. The van der Waals surface area contributed by atoms with E-state index in [4.69, 9.17) is 0 Å². The molecule has 0 aliphatic carbocycles. The molecule has 0 aromatic carbocycles. The van der Waals surface area contributed by atoms with Crippen LogP contribution in [0.1, 0.15) is 26.1 Å². The van der Waals surface area contributed by atoms with Gasteiger partial charge in [0.1, 0.15) is 12.2 Å². The molecule has 1 aromatic heterocycles. The number of rotatable bonds is 3. The van der Waals surface area contributed by atoms with Crippen molar-refractivity contribution in [3.63, 3.8) is 0 Å². The number of piperidine rings is 1. The summed E-state index contributed by atoms with van der Waals surface area (Å²) in [5.74, 6) is 2.66. The summed E-state index contributed by atoms with van der Waals surface area (Å²) >= 11 is 0. The van der Waals surface area contributed by atoms with E-state index >= 15 is 0 Å². The van der Waals surface area contributed by atoms with Gasteiger partial charge in [-0.25, -0.2) is 4.98 Å². The van der Waals surface area contributed by atoms with Gasteiger partial charge in [-0.1, -0.05) is 6.92 Å². The lowest BCUT2D eigenvalue weighted by molar-refractivity contribution is 0.265. The second kappa shape index (κ2) is 4.75. The molecule has 4 nitrogen and oxygen atoms in total. The highest BCUT2D eigenvalue weighted by atomic mass is 15.3. The second-order valence-corrected chi connectivity index (χ2v) is 4.43. The zero-order chi connectivity index (χ0) is 10.7. The summed E-state index contributed by atoms with van der Waals surface area (Å²) in [6.45, 7) is 7.66. The number of hydrogen-bond acceptors (Lipinski definition) is 3. The third kappa shape index (κ3) is 2.37. The molecular weight excluding hydrogens is 188 g/mol. The molecule has 2 rings (SSSR count). The molecule has 1 saturated heterocycles. The molecule has 15 heavy (non-hydrogen) atoms. The molecule has 0 spiro atoms. The number of aryl methyl sites for hydroxylation is 1. The summed E-state index contributed by atoms with van der Waals surface area (Å²) in [6.07, 6.45) is 4.01. The highest BCUT2D eigenvalue weighted by molar-refractivity contribution is 4.90. The van der Waals surface area contributed by atoms with Crippen molar-refractivity contribution < 1.29 is 0 Å². The Hall–Kier alpha value is -0.900. The maximum atomic E-state index is 4.35. The lowest BCUT2D eigenvalue weighted by atomic mass is 9.85. The van der Waals surface area contributed by atoms with E-state index in [0.717, 1.165) is 43.7 Å². The average Bonchev–Trinajstić information content (AvgIpc) is 2.69. The van der Waals surface area contributed by atoms with Crippen LogP contribution in [0, 0.1) is 11.8 Å². The predicted molar refractivity (Wildman–Crippen MR) is 59.5 cm³/mol. The Bertz CT molecular complexity index is 307. The van der Waals surface area contributed by atoms with Crippen molar-refractivity contribution in [3.05, 3.63) is 12.2 Å². The van der Waals surface area contributed by atoms with Gasteiger partial charge < -0.3 is 5.32 Å². The molecule has 0 saturated carbocycles. The smallest absolute Gasteiger partial charge is 0.138 e. The van der Waals surface area contributed by atoms with Crippen LogP contribution in [0.4, 0.5) is 0 Å². The van der Waals surface area contributed by atoms with Gasteiger partial charge in [0.2, 0.25) is 0 Å². The molecule has 1 aliphatic rings. The Kier molecular flexibility index (Phi) is 3.36.